The van der Waals surface area contributed by atoms with Crippen molar-refractivity contribution in [3.63, 3.8) is 0 Å². The first kappa shape index (κ1) is 15.4. The number of nitrogens with one attached hydrogen (secondary N) is 2. The number of carbonyl (C=O) groups is 1. The predicted octanol–water partition coefficient (Wildman–Crippen LogP) is 1.70. The van der Waals surface area contributed by atoms with Crippen molar-refractivity contribution < 1.29 is 9.53 Å². The Kier molecular flexibility index (Phi) is 8.01. The van der Waals surface area contributed by atoms with Gasteiger partial charge in [0, 0.05) is 6.54 Å². The SMILES string of the molecule is CC(C)CCCCNC(=O)COC1CCNCC1. The molecule has 0 atom stereocenters. The lowest BCUT2D eigenvalue weighted by molar-refractivity contribution is -0.128. The molecule has 0 spiro atoms. The summed E-state index contributed by atoms with van der Waals surface area (Å²) in [4.78, 5) is 11.5. The summed E-state index contributed by atoms with van der Waals surface area (Å²) in [5.41, 5.74) is 0. The highest BCUT2D eigenvalue weighted by molar-refractivity contribution is 5.77. The van der Waals surface area contributed by atoms with E-state index in [1.54, 1.807) is 0 Å². The average Bonchev–Trinajstić information content (AvgIpc) is 2.37. The van der Waals surface area contributed by atoms with E-state index in [0.29, 0.717) is 0 Å². The van der Waals surface area contributed by atoms with Crippen LogP contribution in [0.4, 0.5) is 0 Å². The fourth-order valence-corrected chi connectivity index (χ4v) is 2.11. The lowest BCUT2D eigenvalue weighted by Gasteiger charge is -2.22. The Labute approximate surface area is 111 Å². The van der Waals surface area contributed by atoms with Gasteiger partial charge in [0.25, 0.3) is 0 Å². The predicted molar refractivity (Wildman–Crippen MR) is 73.5 cm³/mol. The Balaban J connectivity index is 1.93. The highest BCUT2D eigenvalue weighted by atomic mass is 16.5. The summed E-state index contributed by atoms with van der Waals surface area (Å²) >= 11 is 0. The van der Waals surface area contributed by atoms with Crippen molar-refractivity contribution >= 4 is 5.91 Å². The Morgan fingerprint density at radius 2 is 2.06 bits per heavy atom. The molecular weight excluding hydrogens is 228 g/mol. The third kappa shape index (κ3) is 7.67. The zero-order valence-electron chi connectivity index (χ0n) is 11.8. The summed E-state index contributed by atoms with van der Waals surface area (Å²) in [6.07, 6.45) is 5.78. The molecule has 0 aromatic heterocycles. The van der Waals surface area contributed by atoms with Crippen LogP contribution >= 0.6 is 0 Å². The first-order valence-corrected chi connectivity index (χ1v) is 7.27. The number of hydrogen-bond donors (Lipinski definition) is 2. The zero-order valence-corrected chi connectivity index (χ0v) is 11.8. The van der Waals surface area contributed by atoms with Crippen LogP contribution in [0, 0.1) is 5.92 Å². The van der Waals surface area contributed by atoms with Gasteiger partial charge in [-0.15, -0.1) is 0 Å². The Hall–Kier alpha value is -0.610. The average molecular weight is 256 g/mol. The van der Waals surface area contributed by atoms with E-state index in [1.807, 2.05) is 0 Å². The summed E-state index contributed by atoms with van der Waals surface area (Å²) < 4.78 is 5.59. The van der Waals surface area contributed by atoms with E-state index in [4.69, 9.17) is 4.74 Å². The lowest BCUT2D eigenvalue weighted by Crippen LogP contribution is -2.36. The molecule has 0 unspecified atom stereocenters. The highest BCUT2D eigenvalue weighted by Crippen LogP contribution is 2.07. The topological polar surface area (TPSA) is 50.4 Å². The van der Waals surface area contributed by atoms with E-state index in [9.17, 15) is 4.79 Å². The molecule has 1 heterocycles. The van der Waals surface area contributed by atoms with E-state index < -0.39 is 0 Å². The number of rotatable bonds is 8. The molecule has 4 nitrogen and oxygen atoms in total. The molecule has 18 heavy (non-hydrogen) atoms. The molecule has 0 bridgehead atoms. The third-order valence-corrected chi connectivity index (χ3v) is 3.27. The van der Waals surface area contributed by atoms with Gasteiger partial charge in [-0.1, -0.05) is 26.7 Å². The summed E-state index contributed by atoms with van der Waals surface area (Å²) in [6.45, 7) is 7.45. The molecule has 106 valence electrons. The molecule has 1 saturated heterocycles. The van der Waals surface area contributed by atoms with Crippen LogP contribution in [0.2, 0.25) is 0 Å². The monoisotopic (exact) mass is 256 g/mol. The second kappa shape index (κ2) is 9.34. The van der Waals surface area contributed by atoms with E-state index >= 15 is 0 Å². The van der Waals surface area contributed by atoms with Gasteiger partial charge in [0.15, 0.2) is 0 Å². The van der Waals surface area contributed by atoms with Crippen molar-refractivity contribution in [1.82, 2.24) is 10.6 Å². The molecule has 1 amide bonds. The lowest BCUT2D eigenvalue weighted by atomic mass is 10.1. The van der Waals surface area contributed by atoms with E-state index in [1.165, 1.54) is 12.8 Å². The van der Waals surface area contributed by atoms with E-state index in [-0.39, 0.29) is 18.6 Å². The van der Waals surface area contributed by atoms with Crippen LogP contribution in [0.15, 0.2) is 0 Å². The summed E-state index contributed by atoms with van der Waals surface area (Å²) in [7, 11) is 0. The van der Waals surface area contributed by atoms with Crippen LogP contribution in [0.1, 0.15) is 46.0 Å². The summed E-state index contributed by atoms with van der Waals surface area (Å²) in [5, 5.41) is 6.20. The van der Waals surface area contributed by atoms with Crippen LogP contribution in [0.5, 0.6) is 0 Å². The number of piperidine rings is 1. The first-order chi connectivity index (χ1) is 8.68. The molecule has 0 aromatic carbocycles. The molecule has 0 radical (unpaired) electrons. The Morgan fingerprint density at radius 1 is 1.33 bits per heavy atom. The molecule has 1 fully saturated rings. The number of ether oxygens (including phenoxy) is 1. The van der Waals surface area contributed by atoms with Crippen LogP contribution in [0.25, 0.3) is 0 Å². The van der Waals surface area contributed by atoms with Crippen molar-refractivity contribution in [2.75, 3.05) is 26.2 Å². The van der Waals surface area contributed by atoms with Gasteiger partial charge in [-0.25, -0.2) is 0 Å². The smallest absolute Gasteiger partial charge is 0.246 e. The van der Waals surface area contributed by atoms with Crippen molar-refractivity contribution in [1.29, 1.82) is 0 Å². The fourth-order valence-electron chi connectivity index (χ4n) is 2.11. The second-order valence-corrected chi connectivity index (χ2v) is 5.50. The second-order valence-electron chi connectivity index (χ2n) is 5.50. The van der Waals surface area contributed by atoms with Crippen LogP contribution in [0.3, 0.4) is 0 Å². The van der Waals surface area contributed by atoms with Crippen LogP contribution in [-0.4, -0.2) is 38.3 Å². The Bertz CT molecular complexity index is 226. The molecule has 1 aliphatic rings. The van der Waals surface area contributed by atoms with Crippen molar-refractivity contribution in [2.45, 2.75) is 52.1 Å². The molecule has 1 aliphatic heterocycles. The third-order valence-electron chi connectivity index (χ3n) is 3.27. The van der Waals surface area contributed by atoms with E-state index in [2.05, 4.69) is 24.5 Å². The van der Waals surface area contributed by atoms with E-state index in [0.717, 1.165) is 44.8 Å². The maximum atomic E-state index is 11.5. The zero-order chi connectivity index (χ0) is 13.2. The largest absolute Gasteiger partial charge is 0.368 e. The highest BCUT2D eigenvalue weighted by Gasteiger charge is 2.14. The first-order valence-electron chi connectivity index (χ1n) is 7.27. The summed E-state index contributed by atoms with van der Waals surface area (Å²) in [6, 6.07) is 0. The van der Waals surface area contributed by atoms with Gasteiger partial charge in [0.2, 0.25) is 5.91 Å². The molecule has 2 N–H and O–H groups in total. The maximum absolute atomic E-state index is 11.5. The van der Waals surface area contributed by atoms with Gasteiger partial charge in [-0.3, -0.25) is 4.79 Å². The van der Waals surface area contributed by atoms with Crippen molar-refractivity contribution in [3.8, 4) is 0 Å². The van der Waals surface area contributed by atoms with Gasteiger partial charge in [0.05, 0.1) is 6.10 Å². The standard InChI is InChI=1S/C14H28N2O2/c1-12(2)5-3-4-8-16-14(17)11-18-13-6-9-15-10-7-13/h12-13,15H,3-11H2,1-2H3,(H,16,17). The molecule has 0 saturated carbocycles. The molecule has 0 aliphatic carbocycles. The van der Waals surface area contributed by atoms with Crippen LogP contribution in [-0.2, 0) is 9.53 Å². The van der Waals surface area contributed by atoms with Gasteiger partial charge < -0.3 is 15.4 Å². The number of amides is 1. The normalized spacial score (nSPS) is 17.1. The number of hydrogen-bond acceptors (Lipinski definition) is 3. The minimum Gasteiger partial charge on any atom is -0.368 e. The van der Waals surface area contributed by atoms with Crippen LogP contribution < -0.4 is 10.6 Å². The molecular formula is C14H28N2O2. The fraction of sp³-hybridized carbons (Fsp3) is 0.929. The summed E-state index contributed by atoms with van der Waals surface area (Å²) in [5.74, 6) is 0.780. The molecule has 0 aromatic rings. The number of carbonyl (C=O) groups excluding carboxylic acids is 1. The maximum Gasteiger partial charge on any atom is 0.246 e. The molecule has 4 heteroatoms. The van der Waals surface area contributed by atoms with Gasteiger partial charge in [-0.2, -0.15) is 0 Å². The Morgan fingerprint density at radius 3 is 2.72 bits per heavy atom. The quantitative estimate of drug-likeness (QED) is 0.650. The van der Waals surface area contributed by atoms with Gasteiger partial charge in [-0.05, 0) is 38.3 Å². The molecule has 1 rings (SSSR count). The van der Waals surface area contributed by atoms with Crippen molar-refractivity contribution in [3.05, 3.63) is 0 Å². The van der Waals surface area contributed by atoms with Gasteiger partial charge >= 0.3 is 0 Å². The van der Waals surface area contributed by atoms with Crippen molar-refractivity contribution in [2.24, 2.45) is 5.92 Å². The minimum atomic E-state index is 0.0260. The van der Waals surface area contributed by atoms with Gasteiger partial charge in [0.1, 0.15) is 6.61 Å². The number of unbranched alkanes of at least 4 members (excludes halogenated alkanes) is 1. The minimum absolute atomic E-state index is 0.0260.